The summed E-state index contributed by atoms with van der Waals surface area (Å²) in [5.41, 5.74) is 9.55. The molecule has 1 N–H and O–H groups in total. The van der Waals surface area contributed by atoms with Crippen LogP contribution in [0.15, 0.2) is 138 Å². The first-order valence-corrected chi connectivity index (χ1v) is 16.0. The van der Waals surface area contributed by atoms with Gasteiger partial charge in [0.05, 0.1) is 18.6 Å². The first-order valence-electron chi connectivity index (χ1n) is 15.2. The normalized spacial score (nSPS) is 14.6. The Morgan fingerprint density at radius 1 is 0.844 bits per heavy atom. The number of hydrogen-bond acceptors (Lipinski definition) is 5. The molecule has 226 valence electrons. The van der Waals surface area contributed by atoms with E-state index in [4.69, 9.17) is 0 Å². The van der Waals surface area contributed by atoms with Crippen molar-refractivity contribution >= 4 is 23.3 Å². The molecule has 1 unspecified atom stereocenters. The number of rotatable bonds is 13. The first kappa shape index (κ1) is 35.0. The van der Waals surface area contributed by atoms with E-state index in [9.17, 15) is 5.26 Å². The molecular formula is C38H40N2NaO3S+. The maximum absolute atomic E-state index is 10.4. The van der Waals surface area contributed by atoms with E-state index in [1.807, 2.05) is 12.1 Å². The monoisotopic (exact) mass is 627 g/mol. The number of aryl methyl sites for hydroxylation is 1. The van der Waals surface area contributed by atoms with E-state index in [0.29, 0.717) is 6.04 Å². The van der Waals surface area contributed by atoms with Gasteiger partial charge in [-0.15, -0.1) is 0 Å². The van der Waals surface area contributed by atoms with Crippen molar-refractivity contribution in [1.29, 1.82) is 0 Å². The minimum Gasteiger partial charge on any atom is -0.691 e. The Kier molecular flexibility index (Phi) is 13.7. The van der Waals surface area contributed by atoms with E-state index in [0.717, 1.165) is 59.8 Å². The van der Waals surface area contributed by atoms with Crippen molar-refractivity contribution in [2.45, 2.75) is 44.8 Å². The standard InChI is InChI=1S/C38H40N2O3S.Na/c1-4-39(27-30-12-8-6-9-13-30)34-20-16-32(17-21-34)38(37-25-24-36(26-29(37)3)44-43-42-41)33-18-22-35(23-19-33)40(5-2)28-31-14-10-7-11-15-31;/h6-26,34,41H,4-5,27-28H2,1-3H3;/q;+1. The van der Waals surface area contributed by atoms with E-state index < -0.39 is 0 Å². The Morgan fingerprint density at radius 2 is 1.49 bits per heavy atom. The fourth-order valence-corrected chi connectivity index (χ4v) is 6.29. The Bertz CT molecular complexity index is 1570. The predicted molar refractivity (Wildman–Crippen MR) is 179 cm³/mol. The van der Waals surface area contributed by atoms with Gasteiger partial charge in [-0.1, -0.05) is 91.0 Å². The van der Waals surface area contributed by atoms with Crippen LogP contribution in [0.1, 0.15) is 41.7 Å². The molecule has 5 rings (SSSR count). The number of quaternary nitrogens is 1. The summed E-state index contributed by atoms with van der Waals surface area (Å²) in [6.45, 7) is 10.3. The van der Waals surface area contributed by atoms with Gasteiger partial charge in [-0.2, -0.15) is 4.33 Å². The van der Waals surface area contributed by atoms with Crippen LogP contribution in [0.5, 0.6) is 0 Å². The van der Waals surface area contributed by atoms with Gasteiger partial charge < -0.3 is 15.1 Å². The van der Waals surface area contributed by atoms with Crippen molar-refractivity contribution in [3.05, 3.63) is 161 Å². The minimum atomic E-state index is 0. The van der Waals surface area contributed by atoms with E-state index in [1.165, 1.54) is 32.9 Å². The zero-order valence-corrected chi connectivity index (χ0v) is 29.4. The molecule has 0 bridgehead atoms. The third-order valence-electron chi connectivity index (χ3n) is 8.20. The molecule has 7 heteroatoms. The van der Waals surface area contributed by atoms with Crippen LogP contribution in [0.25, 0.3) is 5.57 Å². The predicted octanol–water partition coefficient (Wildman–Crippen LogP) is 3.66. The summed E-state index contributed by atoms with van der Waals surface area (Å²) in [6, 6.07) is 36.6. The summed E-state index contributed by atoms with van der Waals surface area (Å²) in [7, 11) is 0. The summed E-state index contributed by atoms with van der Waals surface area (Å²) < 4.78 is 4.57. The van der Waals surface area contributed by atoms with Crippen LogP contribution in [0.2, 0.25) is 0 Å². The van der Waals surface area contributed by atoms with Gasteiger partial charge in [0, 0.05) is 29.2 Å². The molecule has 0 fully saturated rings. The van der Waals surface area contributed by atoms with Crippen LogP contribution in [-0.2, 0) is 22.5 Å². The fourth-order valence-electron chi connectivity index (χ4n) is 5.84. The number of likely N-dealkylation sites (N-methyl/N-ethyl adjacent to an activating group) is 1. The van der Waals surface area contributed by atoms with E-state index in [-0.39, 0.29) is 29.6 Å². The van der Waals surface area contributed by atoms with E-state index >= 15 is 0 Å². The molecule has 0 aromatic heterocycles. The van der Waals surface area contributed by atoms with Crippen molar-refractivity contribution in [1.82, 2.24) is 0 Å². The fraction of sp³-hybridized carbons (Fsp3) is 0.211. The van der Waals surface area contributed by atoms with Gasteiger partial charge in [-0.05, 0) is 90.6 Å². The molecule has 0 heterocycles. The Labute approximate surface area is 294 Å². The molecule has 4 aromatic carbocycles. The van der Waals surface area contributed by atoms with Gasteiger partial charge in [-0.25, -0.2) is 0 Å². The van der Waals surface area contributed by atoms with Crippen LogP contribution < -0.4 is 44.6 Å². The second kappa shape index (κ2) is 17.7. The molecule has 0 amide bonds. The SMILES string of the molecule is CCN(Cc1ccccc1)c1ccc(C(=C2C=CC([NH+](CC)Cc3ccccc3)C=C2)c2ccc(SOO[O-])cc2C)cc1.[Na+]. The number of anilines is 1. The van der Waals surface area contributed by atoms with Gasteiger partial charge in [0.25, 0.3) is 0 Å². The van der Waals surface area contributed by atoms with Gasteiger partial charge >= 0.3 is 29.6 Å². The molecule has 0 spiro atoms. The van der Waals surface area contributed by atoms with Crippen LogP contribution in [-0.4, -0.2) is 19.1 Å². The van der Waals surface area contributed by atoms with E-state index in [2.05, 4.69) is 150 Å². The Morgan fingerprint density at radius 3 is 2.07 bits per heavy atom. The topological polar surface area (TPSA) is 49.2 Å². The largest absolute Gasteiger partial charge is 1.00 e. The first-order chi connectivity index (χ1) is 21.6. The molecule has 5 nitrogen and oxygen atoms in total. The van der Waals surface area contributed by atoms with Crippen molar-refractivity contribution in [3.63, 3.8) is 0 Å². The summed E-state index contributed by atoms with van der Waals surface area (Å²) in [5, 5.41) is 13.9. The molecule has 0 saturated heterocycles. The number of allylic oxidation sites excluding steroid dienone is 3. The molecule has 1 aliphatic rings. The summed E-state index contributed by atoms with van der Waals surface area (Å²) in [5.74, 6) is 0. The summed E-state index contributed by atoms with van der Waals surface area (Å²) in [6.07, 6.45) is 9.23. The second-order valence-electron chi connectivity index (χ2n) is 11.0. The molecular weight excluding hydrogens is 587 g/mol. The molecule has 0 aliphatic heterocycles. The Hall–Kier alpha value is -2.91. The van der Waals surface area contributed by atoms with Crippen molar-refractivity contribution < 1.29 is 49.1 Å². The molecule has 4 aromatic rings. The maximum atomic E-state index is 10.4. The molecule has 0 radical (unpaired) electrons. The van der Waals surface area contributed by atoms with Crippen LogP contribution in [0, 0.1) is 6.92 Å². The van der Waals surface area contributed by atoms with Gasteiger partial charge in [-0.3, -0.25) is 5.04 Å². The number of hydrogen-bond donors (Lipinski definition) is 1. The number of benzene rings is 4. The van der Waals surface area contributed by atoms with Gasteiger partial charge in [0.15, 0.2) is 0 Å². The average molecular weight is 628 g/mol. The van der Waals surface area contributed by atoms with Crippen molar-refractivity contribution in [3.8, 4) is 0 Å². The summed E-state index contributed by atoms with van der Waals surface area (Å²) >= 11 is 0.914. The average Bonchev–Trinajstić information content (AvgIpc) is 3.08. The molecule has 1 atom stereocenters. The molecule has 1 aliphatic carbocycles. The number of nitrogens with one attached hydrogen (secondary N) is 1. The Balaban J connectivity index is 0.00000461. The zero-order chi connectivity index (χ0) is 30.7. The van der Waals surface area contributed by atoms with Crippen molar-refractivity contribution in [2.24, 2.45) is 0 Å². The third-order valence-corrected chi connectivity index (χ3v) is 8.77. The van der Waals surface area contributed by atoms with Crippen LogP contribution >= 0.6 is 12.0 Å². The summed E-state index contributed by atoms with van der Waals surface area (Å²) in [4.78, 5) is 4.70. The zero-order valence-electron chi connectivity index (χ0n) is 26.6. The van der Waals surface area contributed by atoms with Gasteiger partial charge in [0.1, 0.15) is 12.6 Å². The molecule has 0 saturated carbocycles. The van der Waals surface area contributed by atoms with Gasteiger partial charge in [0.2, 0.25) is 0 Å². The number of nitrogens with zero attached hydrogens (tertiary/aromatic N) is 1. The quantitative estimate of drug-likeness (QED) is 0.106. The smallest absolute Gasteiger partial charge is 0.691 e. The van der Waals surface area contributed by atoms with Crippen LogP contribution in [0.3, 0.4) is 0 Å². The second-order valence-corrected chi connectivity index (χ2v) is 11.8. The minimum absolute atomic E-state index is 0. The third kappa shape index (κ3) is 9.32. The van der Waals surface area contributed by atoms with Crippen LogP contribution in [0.4, 0.5) is 5.69 Å². The maximum Gasteiger partial charge on any atom is 1.00 e. The van der Waals surface area contributed by atoms with Crippen molar-refractivity contribution in [2.75, 3.05) is 18.0 Å². The molecule has 45 heavy (non-hydrogen) atoms. The van der Waals surface area contributed by atoms with E-state index in [1.54, 1.807) is 0 Å².